The van der Waals surface area contributed by atoms with Crippen LogP contribution >= 0.6 is 0 Å². The minimum atomic E-state index is -0.985. The third-order valence-electron chi connectivity index (χ3n) is 4.83. The van der Waals surface area contributed by atoms with Gasteiger partial charge in [-0.1, -0.05) is 6.07 Å². The van der Waals surface area contributed by atoms with Crippen LogP contribution in [0.15, 0.2) is 30.3 Å². The zero-order valence-electron chi connectivity index (χ0n) is 12.1. The Balaban J connectivity index is 1.97. The number of likely N-dealkylation sites (N-methyl/N-ethyl adjacent to an activating group) is 1. The molecule has 1 heterocycles. The van der Waals surface area contributed by atoms with Crippen molar-refractivity contribution in [1.82, 2.24) is 0 Å². The average Bonchev–Trinajstić information content (AvgIpc) is 2.71. The Morgan fingerprint density at radius 2 is 1.77 bits per heavy atom. The van der Waals surface area contributed by atoms with E-state index in [1.807, 2.05) is 18.0 Å². The van der Waals surface area contributed by atoms with Crippen molar-refractivity contribution in [2.24, 2.45) is 0 Å². The SMILES string of the molecule is CN1C[C@]2(O)Cc3cc(O)c(O)cc3[C@@H]2c2ccc(O)cc21. The van der Waals surface area contributed by atoms with Crippen molar-refractivity contribution in [3.05, 3.63) is 47.0 Å². The minimum Gasteiger partial charge on any atom is -0.508 e. The van der Waals surface area contributed by atoms with Crippen LogP contribution in [0.1, 0.15) is 22.6 Å². The van der Waals surface area contributed by atoms with E-state index in [9.17, 15) is 20.4 Å². The van der Waals surface area contributed by atoms with Gasteiger partial charge in [-0.2, -0.15) is 0 Å². The molecule has 5 heteroatoms. The third kappa shape index (κ3) is 1.63. The summed E-state index contributed by atoms with van der Waals surface area (Å²) in [6.45, 7) is 0.421. The molecule has 4 rings (SSSR count). The molecule has 5 nitrogen and oxygen atoms in total. The van der Waals surface area contributed by atoms with Crippen LogP contribution in [-0.2, 0) is 6.42 Å². The fourth-order valence-electron chi connectivity index (χ4n) is 3.99. The number of aliphatic hydroxyl groups is 1. The van der Waals surface area contributed by atoms with Gasteiger partial charge >= 0.3 is 0 Å². The first-order valence-electron chi connectivity index (χ1n) is 7.20. The predicted molar refractivity (Wildman–Crippen MR) is 81.6 cm³/mol. The van der Waals surface area contributed by atoms with Gasteiger partial charge in [-0.05, 0) is 34.9 Å². The second-order valence-electron chi connectivity index (χ2n) is 6.35. The highest BCUT2D eigenvalue weighted by Crippen LogP contribution is 2.53. The first-order chi connectivity index (χ1) is 10.4. The lowest BCUT2D eigenvalue weighted by Crippen LogP contribution is -2.49. The number of benzene rings is 2. The van der Waals surface area contributed by atoms with Gasteiger partial charge in [-0.15, -0.1) is 0 Å². The molecule has 4 N–H and O–H groups in total. The first kappa shape index (κ1) is 13.3. The number of anilines is 1. The van der Waals surface area contributed by atoms with E-state index in [4.69, 9.17) is 0 Å². The minimum absolute atomic E-state index is 0.166. The molecule has 0 saturated heterocycles. The van der Waals surface area contributed by atoms with E-state index < -0.39 is 5.60 Å². The number of fused-ring (bicyclic) bond motifs is 5. The summed E-state index contributed by atoms with van der Waals surface area (Å²) in [5.41, 5.74) is 2.48. The third-order valence-corrected chi connectivity index (χ3v) is 4.83. The van der Waals surface area contributed by atoms with Crippen molar-refractivity contribution in [3.8, 4) is 17.2 Å². The van der Waals surface area contributed by atoms with Crippen LogP contribution in [0.25, 0.3) is 0 Å². The molecule has 2 aliphatic rings. The summed E-state index contributed by atoms with van der Waals surface area (Å²) in [4.78, 5) is 1.93. The molecule has 2 aromatic rings. The Labute approximate surface area is 127 Å². The molecule has 1 aliphatic carbocycles. The molecule has 0 bridgehead atoms. The smallest absolute Gasteiger partial charge is 0.157 e. The Morgan fingerprint density at radius 3 is 2.55 bits per heavy atom. The summed E-state index contributed by atoms with van der Waals surface area (Å²) in [7, 11) is 1.88. The fourth-order valence-corrected chi connectivity index (χ4v) is 3.99. The second-order valence-corrected chi connectivity index (χ2v) is 6.35. The van der Waals surface area contributed by atoms with Crippen molar-refractivity contribution in [2.45, 2.75) is 17.9 Å². The molecule has 114 valence electrons. The number of rotatable bonds is 0. The quantitative estimate of drug-likeness (QED) is 0.556. The number of phenolic OH excluding ortho intramolecular Hbond substituents is 3. The lowest BCUT2D eigenvalue weighted by atomic mass is 9.78. The van der Waals surface area contributed by atoms with Gasteiger partial charge < -0.3 is 25.3 Å². The van der Waals surface area contributed by atoms with Crippen LogP contribution in [0, 0.1) is 0 Å². The van der Waals surface area contributed by atoms with E-state index in [-0.39, 0.29) is 23.2 Å². The maximum atomic E-state index is 11.1. The van der Waals surface area contributed by atoms with Crippen molar-refractivity contribution in [3.63, 3.8) is 0 Å². The molecule has 0 unspecified atom stereocenters. The summed E-state index contributed by atoms with van der Waals surface area (Å²) in [5.74, 6) is -0.439. The second kappa shape index (κ2) is 4.08. The van der Waals surface area contributed by atoms with E-state index in [1.165, 1.54) is 12.1 Å². The molecule has 2 atom stereocenters. The molecule has 0 amide bonds. The maximum absolute atomic E-state index is 11.1. The van der Waals surface area contributed by atoms with E-state index >= 15 is 0 Å². The molecule has 0 spiro atoms. The maximum Gasteiger partial charge on any atom is 0.157 e. The summed E-state index contributed by atoms with van der Waals surface area (Å²) >= 11 is 0. The zero-order valence-corrected chi connectivity index (χ0v) is 12.1. The van der Waals surface area contributed by atoms with Gasteiger partial charge in [-0.3, -0.25) is 0 Å². The van der Waals surface area contributed by atoms with Gasteiger partial charge in [0.25, 0.3) is 0 Å². The Hall–Kier alpha value is -2.40. The molecule has 22 heavy (non-hydrogen) atoms. The van der Waals surface area contributed by atoms with Crippen LogP contribution in [0.4, 0.5) is 5.69 Å². The number of aromatic hydroxyl groups is 3. The van der Waals surface area contributed by atoms with Crippen LogP contribution < -0.4 is 4.90 Å². The van der Waals surface area contributed by atoms with Crippen LogP contribution in [0.3, 0.4) is 0 Å². The van der Waals surface area contributed by atoms with E-state index in [0.29, 0.717) is 13.0 Å². The lowest BCUT2D eigenvalue weighted by molar-refractivity contribution is 0.0390. The molecule has 0 saturated carbocycles. The van der Waals surface area contributed by atoms with Gasteiger partial charge in [0.1, 0.15) is 5.75 Å². The highest BCUT2D eigenvalue weighted by Gasteiger charge is 2.50. The first-order valence-corrected chi connectivity index (χ1v) is 7.20. The topological polar surface area (TPSA) is 84.2 Å². The lowest BCUT2D eigenvalue weighted by Gasteiger charge is -2.42. The van der Waals surface area contributed by atoms with Crippen LogP contribution in [0.5, 0.6) is 17.2 Å². The average molecular weight is 299 g/mol. The van der Waals surface area contributed by atoms with E-state index in [2.05, 4.69) is 0 Å². The number of nitrogens with zero attached hydrogens (tertiary/aromatic N) is 1. The van der Waals surface area contributed by atoms with E-state index in [0.717, 1.165) is 22.4 Å². The Bertz CT molecular complexity index is 788. The molecule has 0 radical (unpaired) electrons. The molecule has 1 aliphatic heterocycles. The summed E-state index contributed by atoms with van der Waals surface area (Å²) < 4.78 is 0. The van der Waals surface area contributed by atoms with Crippen molar-refractivity contribution in [2.75, 3.05) is 18.5 Å². The van der Waals surface area contributed by atoms with Gasteiger partial charge in [0.2, 0.25) is 0 Å². The number of hydrogen-bond donors (Lipinski definition) is 4. The van der Waals surface area contributed by atoms with E-state index in [1.54, 1.807) is 12.1 Å². The predicted octanol–water partition coefficient (Wildman–Crippen LogP) is 1.67. The summed E-state index contributed by atoms with van der Waals surface area (Å²) in [6.07, 6.45) is 0.422. The van der Waals surface area contributed by atoms with Gasteiger partial charge in [0, 0.05) is 37.7 Å². The highest BCUT2D eigenvalue weighted by molar-refractivity contribution is 5.67. The highest BCUT2D eigenvalue weighted by atomic mass is 16.3. The largest absolute Gasteiger partial charge is 0.508 e. The van der Waals surface area contributed by atoms with Crippen LogP contribution in [0.2, 0.25) is 0 Å². The summed E-state index contributed by atoms with van der Waals surface area (Å²) in [5, 5.41) is 40.4. The normalized spacial score (nSPS) is 25.5. The molecule has 0 fully saturated rings. The molecule has 0 aromatic heterocycles. The standard InChI is InChI=1S/C17H17NO4/c1-18-8-17(22)7-9-4-14(20)15(21)6-12(9)16(17)11-3-2-10(19)5-13(11)18/h2-6,16,19-22H,7-8H2,1H3/t16-,17+/m0/s1. The Morgan fingerprint density at radius 1 is 1.05 bits per heavy atom. The van der Waals surface area contributed by atoms with Crippen LogP contribution in [-0.4, -0.2) is 39.6 Å². The Kier molecular flexibility index (Phi) is 2.46. The van der Waals surface area contributed by atoms with Gasteiger partial charge in [0.05, 0.1) is 5.60 Å². The van der Waals surface area contributed by atoms with Crippen molar-refractivity contribution < 1.29 is 20.4 Å². The number of phenols is 3. The van der Waals surface area contributed by atoms with Crippen molar-refractivity contribution in [1.29, 1.82) is 0 Å². The fraction of sp³-hybridized carbons (Fsp3) is 0.294. The van der Waals surface area contributed by atoms with Crippen molar-refractivity contribution >= 4 is 5.69 Å². The zero-order chi connectivity index (χ0) is 15.6. The molecular weight excluding hydrogens is 282 g/mol. The monoisotopic (exact) mass is 299 g/mol. The molecular formula is C17H17NO4. The summed E-state index contributed by atoms with van der Waals surface area (Å²) in [6, 6.07) is 8.18. The van der Waals surface area contributed by atoms with Gasteiger partial charge in [0.15, 0.2) is 11.5 Å². The number of hydrogen-bond acceptors (Lipinski definition) is 5. The molecule has 2 aromatic carbocycles. The number of β-amino-alcohol motifs (C(OH)–C–C–N with tert-alkyl or cyclic N) is 1. The van der Waals surface area contributed by atoms with Gasteiger partial charge in [-0.25, -0.2) is 0 Å².